The van der Waals surface area contributed by atoms with Crippen molar-refractivity contribution in [1.29, 1.82) is 0 Å². The molecule has 1 saturated heterocycles. The van der Waals surface area contributed by atoms with E-state index in [2.05, 4.69) is 0 Å². The van der Waals surface area contributed by atoms with Crippen LogP contribution in [0.5, 0.6) is 0 Å². The predicted molar refractivity (Wildman–Crippen MR) is 64.4 cm³/mol. The molecule has 0 aromatic rings. The van der Waals surface area contributed by atoms with Crippen LogP contribution in [0.15, 0.2) is 0 Å². The van der Waals surface area contributed by atoms with Crippen molar-refractivity contribution in [2.24, 2.45) is 5.73 Å². The van der Waals surface area contributed by atoms with Gasteiger partial charge in [-0.05, 0) is 39.0 Å². The summed E-state index contributed by atoms with van der Waals surface area (Å²) in [5.41, 5.74) is 5.61. The number of rotatable bonds is 7. The summed E-state index contributed by atoms with van der Waals surface area (Å²) in [4.78, 5) is 0. The number of ether oxygens (including phenoxy) is 1. The zero-order valence-corrected chi connectivity index (χ0v) is 10.4. The Labute approximate surface area is 95.2 Å². The van der Waals surface area contributed by atoms with Crippen molar-refractivity contribution < 1.29 is 8.95 Å². The SMILES string of the molecule is CC(N)CCS(=O)CCCC1CCCO1. The molecule has 1 heterocycles. The fourth-order valence-corrected chi connectivity index (χ4v) is 3.09. The number of hydrogen-bond acceptors (Lipinski definition) is 3. The largest absolute Gasteiger partial charge is 0.378 e. The third kappa shape index (κ3) is 6.28. The van der Waals surface area contributed by atoms with Crippen LogP contribution in [0.3, 0.4) is 0 Å². The second-order valence-corrected chi connectivity index (χ2v) is 6.09. The Balaban J connectivity index is 1.96. The van der Waals surface area contributed by atoms with Gasteiger partial charge in [-0.25, -0.2) is 0 Å². The van der Waals surface area contributed by atoms with E-state index in [0.29, 0.717) is 6.10 Å². The minimum Gasteiger partial charge on any atom is -0.378 e. The van der Waals surface area contributed by atoms with Gasteiger partial charge in [-0.3, -0.25) is 4.21 Å². The van der Waals surface area contributed by atoms with Crippen LogP contribution < -0.4 is 5.73 Å². The van der Waals surface area contributed by atoms with Crippen molar-refractivity contribution in [2.45, 2.75) is 51.2 Å². The second kappa shape index (κ2) is 7.36. The Bertz CT molecular complexity index is 191. The van der Waals surface area contributed by atoms with Gasteiger partial charge >= 0.3 is 0 Å². The van der Waals surface area contributed by atoms with Crippen LogP contribution in [0.4, 0.5) is 0 Å². The van der Waals surface area contributed by atoms with Gasteiger partial charge < -0.3 is 10.5 Å². The Morgan fingerprint density at radius 2 is 2.33 bits per heavy atom. The summed E-state index contributed by atoms with van der Waals surface area (Å²) in [6.45, 7) is 2.88. The Morgan fingerprint density at radius 1 is 1.53 bits per heavy atom. The monoisotopic (exact) mass is 233 g/mol. The molecule has 3 nitrogen and oxygen atoms in total. The van der Waals surface area contributed by atoms with Crippen molar-refractivity contribution in [3.05, 3.63) is 0 Å². The predicted octanol–water partition coefficient (Wildman–Crippen LogP) is 1.43. The van der Waals surface area contributed by atoms with Gasteiger partial charge in [-0.2, -0.15) is 0 Å². The quantitative estimate of drug-likeness (QED) is 0.724. The van der Waals surface area contributed by atoms with E-state index in [-0.39, 0.29) is 6.04 Å². The van der Waals surface area contributed by atoms with E-state index >= 15 is 0 Å². The summed E-state index contributed by atoms with van der Waals surface area (Å²) < 4.78 is 17.1. The molecule has 0 amide bonds. The average molecular weight is 233 g/mol. The van der Waals surface area contributed by atoms with Crippen molar-refractivity contribution in [1.82, 2.24) is 0 Å². The maximum Gasteiger partial charge on any atom is 0.0576 e. The Kier molecular flexibility index (Phi) is 6.45. The lowest BCUT2D eigenvalue weighted by molar-refractivity contribution is 0.104. The first-order valence-corrected chi connectivity index (χ1v) is 7.39. The molecule has 1 aliphatic heterocycles. The van der Waals surface area contributed by atoms with E-state index in [1.165, 1.54) is 12.8 Å². The van der Waals surface area contributed by atoms with Crippen molar-refractivity contribution >= 4 is 10.8 Å². The number of nitrogens with two attached hydrogens (primary N) is 1. The summed E-state index contributed by atoms with van der Waals surface area (Å²) >= 11 is 0. The molecule has 0 radical (unpaired) electrons. The van der Waals surface area contributed by atoms with Crippen LogP contribution in [0.1, 0.15) is 39.0 Å². The topological polar surface area (TPSA) is 52.3 Å². The Hall–Kier alpha value is 0.0700. The third-order valence-corrected chi connectivity index (χ3v) is 4.16. The van der Waals surface area contributed by atoms with Crippen molar-refractivity contribution in [3.8, 4) is 0 Å². The molecule has 3 unspecified atom stereocenters. The summed E-state index contributed by atoms with van der Waals surface area (Å²) in [7, 11) is -0.676. The Morgan fingerprint density at radius 3 is 2.93 bits per heavy atom. The molecule has 1 aliphatic rings. The van der Waals surface area contributed by atoms with Crippen LogP contribution >= 0.6 is 0 Å². The summed E-state index contributed by atoms with van der Waals surface area (Å²) in [6, 6.07) is 0.173. The van der Waals surface area contributed by atoms with Crippen LogP contribution in [0, 0.1) is 0 Å². The highest BCUT2D eigenvalue weighted by Gasteiger charge is 2.15. The van der Waals surface area contributed by atoms with E-state index in [4.69, 9.17) is 10.5 Å². The maximum absolute atomic E-state index is 11.5. The zero-order chi connectivity index (χ0) is 11.1. The molecule has 15 heavy (non-hydrogen) atoms. The summed E-state index contributed by atoms with van der Waals surface area (Å²) in [5, 5.41) is 0. The van der Waals surface area contributed by atoms with Crippen LogP contribution in [-0.2, 0) is 15.5 Å². The van der Waals surface area contributed by atoms with Crippen LogP contribution in [0.2, 0.25) is 0 Å². The maximum atomic E-state index is 11.5. The normalized spacial score (nSPS) is 25.3. The van der Waals surface area contributed by atoms with E-state index in [1.54, 1.807) is 0 Å². The van der Waals surface area contributed by atoms with Crippen LogP contribution in [0.25, 0.3) is 0 Å². The molecule has 0 spiro atoms. The van der Waals surface area contributed by atoms with Crippen molar-refractivity contribution in [3.63, 3.8) is 0 Å². The van der Waals surface area contributed by atoms with Gasteiger partial charge in [-0.15, -0.1) is 0 Å². The molecule has 0 aliphatic carbocycles. The summed E-state index contributed by atoms with van der Waals surface area (Å²) in [6.07, 6.45) is 5.79. The van der Waals surface area contributed by atoms with Gasteiger partial charge in [0.1, 0.15) is 0 Å². The summed E-state index contributed by atoms with van der Waals surface area (Å²) in [5.74, 6) is 1.57. The van der Waals surface area contributed by atoms with E-state index < -0.39 is 10.8 Å². The minimum atomic E-state index is -0.676. The zero-order valence-electron chi connectivity index (χ0n) is 9.61. The van der Waals surface area contributed by atoms with Gasteiger partial charge in [0.2, 0.25) is 0 Å². The van der Waals surface area contributed by atoms with Gasteiger partial charge in [0.05, 0.1) is 6.10 Å². The molecule has 1 rings (SSSR count). The highest BCUT2D eigenvalue weighted by molar-refractivity contribution is 7.84. The highest BCUT2D eigenvalue weighted by Crippen LogP contribution is 2.16. The number of hydrogen-bond donors (Lipinski definition) is 1. The van der Waals surface area contributed by atoms with E-state index in [1.807, 2.05) is 6.92 Å². The van der Waals surface area contributed by atoms with Gasteiger partial charge in [0.25, 0.3) is 0 Å². The molecule has 90 valence electrons. The van der Waals surface area contributed by atoms with E-state index in [0.717, 1.165) is 37.4 Å². The first-order chi connectivity index (χ1) is 7.18. The lowest BCUT2D eigenvalue weighted by atomic mass is 10.1. The van der Waals surface area contributed by atoms with Crippen LogP contribution in [-0.4, -0.2) is 34.5 Å². The molecule has 0 bridgehead atoms. The average Bonchev–Trinajstić information content (AvgIpc) is 2.67. The molecular weight excluding hydrogens is 210 g/mol. The molecule has 4 heteroatoms. The molecule has 0 aromatic heterocycles. The van der Waals surface area contributed by atoms with Crippen molar-refractivity contribution in [2.75, 3.05) is 18.1 Å². The fraction of sp³-hybridized carbons (Fsp3) is 1.00. The van der Waals surface area contributed by atoms with Gasteiger partial charge in [0.15, 0.2) is 0 Å². The molecule has 3 atom stereocenters. The standard InChI is InChI=1S/C11H23NO2S/c1-10(12)6-9-15(13)8-3-5-11-4-2-7-14-11/h10-11H,2-9,12H2,1H3. The molecule has 2 N–H and O–H groups in total. The van der Waals surface area contributed by atoms with E-state index in [9.17, 15) is 4.21 Å². The lowest BCUT2D eigenvalue weighted by Gasteiger charge is -2.09. The highest BCUT2D eigenvalue weighted by atomic mass is 32.2. The second-order valence-electron chi connectivity index (χ2n) is 4.39. The van der Waals surface area contributed by atoms with Gasteiger partial charge in [-0.1, -0.05) is 0 Å². The minimum absolute atomic E-state index is 0.173. The first-order valence-electron chi connectivity index (χ1n) is 5.90. The first kappa shape index (κ1) is 13.1. The lowest BCUT2D eigenvalue weighted by Crippen LogP contribution is -2.19. The molecule has 0 aromatic carbocycles. The molecular formula is C11H23NO2S. The molecule has 1 fully saturated rings. The van der Waals surface area contributed by atoms with Gasteiger partial charge in [0, 0.05) is 35.0 Å². The third-order valence-electron chi connectivity index (χ3n) is 2.72. The molecule has 0 saturated carbocycles. The fourth-order valence-electron chi connectivity index (χ4n) is 1.76. The smallest absolute Gasteiger partial charge is 0.0576 e.